The first-order chi connectivity index (χ1) is 9.41. The van der Waals surface area contributed by atoms with Crippen LogP contribution < -0.4 is 4.74 Å². The van der Waals surface area contributed by atoms with Crippen molar-refractivity contribution in [1.29, 1.82) is 0 Å². The van der Waals surface area contributed by atoms with Crippen molar-refractivity contribution in [2.75, 3.05) is 4.61 Å². The number of hydrogen-bond acceptors (Lipinski definition) is 4. The summed E-state index contributed by atoms with van der Waals surface area (Å²) >= 11 is 1.98. The van der Waals surface area contributed by atoms with Gasteiger partial charge >= 0.3 is 5.97 Å². The topological polar surface area (TPSA) is 52.6 Å². The number of alkyl halides is 1. The van der Waals surface area contributed by atoms with Gasteiger partial charge in [0.15, 0.2) is 11.9 Å². The summed E-state index contributed by atoms with van der Waals surface area (Å²) < 4.78 is 11.0. The predicted octanol–water partition coefficient (Wildman–Crippen LogP) is 3.16. The minimum atomic E-state index is -0.846. The van der Waals surface area contributed by atoms with E-state index in [9.17, 15) is 9.59 Å². The molecular formula is C15H19IO4. The molecule has 0 saturated carbocycles. The highest BCUT2D eigenvalue weighted by molar-refractivity contribution is 14.1. The van der Waals surface area contributed by atoms with Gasteiger partial charge in [-0.25, -0.2) is 0 Å². The molecule has 0 aliphatic carbocycles. The zero-order valence-electron chi connectivity index (χ0n) is 11.9. The molecule has 0 heterocycles. The van der Waals surface area contributed by atoms with E-state index in [0.717, 1.165) is 11.8 Å². The third-order valence-electron chi connectivity index (χ3n) is 3.21. The molecule has 0 radical (unpaired) electrons. The first kappa shape index (κ1) is 16.9. The van der Waals surface area contributed by atoms with Gasteiger partial charge in [0.2, 0.25) is 0 Å². The predicted molar refractivity (Wildman–Crippen MR) is 85.1 cm³/mol. The Morgan fingerprint density at radius 3 is 2.40 bits per heavy atom. The van der Waals surface area contributed by atoms with Gasteiger partial charge in [-0.1, -0.05) is 26.0 Å². The Morgan fingerprint density at radius 1 is 1.35 bits per heavy atom. The third kappa shape index (κ3) is 4.77. The van der Waals surface area contributed by atoms with E-state index in [1.807, 2.05) is 36.4 Å². The maximum absolute atomic E-state index is 11.4. The lowest BCUT2D eigenvalue weighted by molar-refractivity contribution is -0.140. The van der Waals surface area contributed by atoms with E-state index >= 15 is 0 Å². The SMILES string of the molecule is CC(C)C(C)(C=O)Oc1ccc(CC(=O)OCI)cc1. The molecule has 5 heteroatoms. The van der Waals surface area contributed by atoms with Gasteiger partial charge in [-0.15, -0.1) is 0 Å². The van der Waals surface area contributed by atoms with Crippen LogP contribution in [0.3, 0.4) is 0 Å². The number of carbonyl (C=O) groups excluding carboxylic acids is 2. The van der Waals surface area contributed by atoms with Gasteiger partial charge < -0.3 is 9.47 Å². The molecular weight excluding hydrogens is 371 g/mol. The normalized spacial score (nSPS) is 13.7. The zero-order valence-corrected chi connectivity index (χ0v) is 14.0. The Kier molecular flexibility index (Phi) is 6.45. The summed E-state index contributed by atoms with van der Waals surface area (Å²) in [5, 5.41) is 0. The molecule has 0 aliphatic heterocycles. The number of esters is 1. The van der Waals surface area contributed by atoms with Gasteiger partial charge in [0, 0.05) is 0 Å². The molecule has 0 bridgehead atoms. The van der Waals surface area contributed by atoms with Crippen LogP contribution in [0.5, 0.6) is 5.75 Å². The van der Waals surface area contributed by atoms with Gasteiger partial charge in [-0.3, -0.25) is 9.59 Å². The van der Waals surface area contributed by atoms with Crippen LogP contribution in [-0.2, 0) is 20.7 Å². The van der Waals surface area contributed by atoms with Crippen LogP contribution in [0, 0.1) is 5.92 Å². The second-order valence-corrected chi connectivity index (χ2v) is 5.63. The maximum atomic E-state index is 11.4. The zero-order chi connectivity index (χ0) is 15.2. The van der Waals surface area contributed by atoms with Crippen molar-refractivity contribution in [1.82, 2.24) is 0 Å². The van der Waals surface area contributed by atoms with Gasteiger partial charge in [-0.05, 0) is 53.1 Å². The maximum Gasteiger partial charge on any atom is 0.311 e. The average Bonchev–Trinajstić information content (AvgIpc) is 2.41. The number of benzene rings is 1. The monoisotopic (exact) mass is 390 g/mol. The largest absolute Gasteiger partial charge is 0.480 e. The van der Waals surface area contributed by atoms with Crippen molar-refractivity contribution in [2.24, 2.45) is 5.92 Å². The van der Waals surface area contributed by atoms with Gasteiger partial charge in [-0.2, -0.15) is 0 Å². The van der Waals surface area contributed by atoms with Crippen molar-refractivity contribution in [3.05, 3.63) is 29.8 Å². The Hall–Kier alpha value is -1.11. The van der Waals surface area contributed by atoms with E-state index in [1.54, 1.807) is 31.2 Å². The minimum absolute atomic E-state index is 0.0679. The molecule has 0 saturated heterocycles. The first-order valence-electron chi connectivity index (χ1n) is 6.37. The number of carbonyl (C=O) groups is 2. The van der Waals surface area contributed by atoms with Crippen molar-refractivity contribution in [3.63, 3.8) is 0 Å². The number of aldehydes is 1. The van der Waals surface area contributed by atoms with Crippen molar-refractivity contribution in [3.8, 4) is 5.75 Å². The molecule has 20 heavy (non-hydrogen) atoms. The molecule has 1 aromatic rings. The van der Waals surface area contributed by atoms with Crippen molar-refractivity contribution < 1.29 is 19.1 Å². The highest BCUT2D eigenvalue weighted by Crippen LogP contribution is 2.24. The molecule has 0 aliphatic rings. The molecule has 0 fully saturated rings. The number of ether oxygens (including phenoxy) is 2. The van der Waals surface area contributed by atoms with Crippen LogP contribution in [0.15, 0.2) is 24.3 Å². The third-order valence-corrected chi connectivity index (χ3v) is 3.52. The van der Waals surface area contributed by atoms with Crippen LogP contribution in [0.2, 0.25) is 0 Å². The van der Waals surface area contributed by atoms with Crippen LogP contribution >= 0.6 is 22.6 Å². The number of halogens is 1. The highest BCUT2D eigenvalue weighted by Gasteiger charge is 2.30. The number of hydrogen-bond donors (Lipinski definition) is 0. The second-order valence-electron chi connectivity index (χ2n) is 5.00. The van der Waals surface area contributed by atoms with Crippen LogP contribution in [-0.4, -0.2) is 22.5 Å². The summed E-state index contributed by atoms with van der Waals surface area (Å²) in [4.78, 5) is 22.5. The molecule has 1 atom stereocenters. The van der Waals surface area contributed by atoms with E-state index in [-0.39, 0.29) is 18.3 Å². The van der Waals surface area contributed by atoms with E-state index in [2.05, 4.69) is 0 Å². The Labute approximate surface area is 133 Å². The van der Waals surface area contributed by atoms with Crippen molar-refractivity contribution in [2.45, 2.75) is 32.8 Å². The van der Waals surface area contributed by atoms with Gasteiger partial charge in [0.05, 0.1) is 6.42 Å². The van der Waals surface area contributed by atoms with E-state index in [0.29, 0.717) is 10.4 Å². The summed E-state index contributed by atoms with van der Waals surface area (Å²) in [6.07, 6.45) is 1.06. The Bertz CT molecular complexity index is 455. The molecule has 0 amide bonds. The van der Waals surface area contributed by atoms with Gasteiger partial charge in [0.1, 0.15) is 10.4 Å². The molecule has 0 aromatic heterocycles. The van der Waals surface area contributed by atoms with E-state index in [4.69, 9.17) is 9.47 Å². The fourth-order valence-electron chi connectivity index (χ4n) is 1.49. The molecule has 0 spiro atoms. The Balaban J connectivity index is 2.72. The smallest absolute Gasteiger partial charge is 0.311 e. The van der Waals surface area contributed by atoms with E-state index < -0.39 is 5.60 Å². The first-order valence-corrected chi connectivity index (χ1v) is 7.89. The van der Waals surface area contributed by atoms with E-state index in [1.165, 1.54) is 0 Å². The summed E-state index contributed by atoms with van der Waals surface area (Å²) in [5.41, 5.74) is 0.00586. The molecule has 110 valence electrons. The molecule has 1 aromatic carbocycles. The summed E-state index contributed by atoms with van der Waals surface area (Å²) in [6.45, 7) is 5.63. The lowest BCUT2D eigenvalue weighted by Gasteiger charge is -2.28. The number of rotatable bonds is 7. The lowest BCUT2D eigenvalue weighted by atomic mass is 9.94. The minimum Gasteiger partial charge on any atom is -0.480 e. The van der Waals surface area contributed by atoms with Crippen LogP contribution in [0.25, 0.3) is 0 Å². The summed E-state index contributed by atoms with van der Waals surface area (Å²) in [7, 11) is 0. The second kappa shape index (κ2) is 7.61. The summed E-state index contributed by atoms with van der Waals surface area (Å²) in [6, 6.07) is 7.12. The highest BCUT2D eigenvalue weighted by atomic mass is 127. The lowest BCUT2D eigenvalue weighted by Crippen LogP contribution is -2.39. The molecule has 1 unspecified atom stereocenters. The van der Waals surface area contributed by atoms with Gasteiger partial charge in [0.25, 0.3) is 0 Å². The summed E-state index contributed by atoms with van der Waals surface area (Å²) in [5.74, 6) is 0.422. The van der Waals surface area contributed by atoms with Crippen LogP contribution in [0.1, 0.15) is 26.3 Å². The quantitative estimate of drug-likeness (QED) is 0.311. The fourth-order valence-corrected chi connectivity index (χ4v) is 1.83. The average molecular weight is 390 g/mol. The van der Waals surface area contributed by atoms with Crippen molar-refractivity contribution >= 4 is 34.8 Å². The van der Waals surface area contributed by atoms with Crippen LogP contribution in [0.4, 0.5) is 0 Å². The Morgan fingerprint density at radius 2 is 1.95 bits per heavy atom. The molecule has 0 N–H and O–H groups in total. The molecule has 1 rings (SSSR count). The fraction of sp³-hybridized carbons (Fsp3) is 0.467. The molecule has 4 nitrogen and oxygen atoms in total. The standard InChI is InChI=1S/C15H19IO4/c1-11(2)15(3,9-17)20-13-6-4-12(5-7-13)8-14(18)19-10-16/h4-7,9,11H,8,10H2,1-3H3.